The predicted octanol–water partition coefficient (Wildman–Crippen LogP) is 3.34. The minimum absolute atomic E-state index is 0.269. The van der Waals surface area contributed by atoms with Crippen LogP contribution in [-0.2, 0) is 13.1 Å². The van der Waals surface area contributed by atoms with Gasteiger partial charge in [-0.3, -0.25) is 4.79 Å². The van der Waals surface area contributed by atoms with E-state index < -0.39 is 0 Å². The third-order valence-electron chi connectivity index (χ3n) is 4.12. The molecular formula is C21H22N4O2. The van der Waals surface area contributed by atoms with Crippen LogP contribution >= 0.6 is 0 Å². The molecule has 0 aliphatic carbocycles. The summed E-state index contributed by atoms with van der Waals surface area (Å²) in [6.07, 6.45) is 0. The number of amides is 1. The molecule has 27 heavy (non-hydrogen) atoms. The van der Waals surface area contributed by atoms with Crippen molar-refractivity contribution in [2.75, 3.05) is 12.4 Å². The Kier molecular flexibility index (Phi) is 5.99. The zero-order valence-corrected chi connectivity index (χ0v) is 15.4. The van der Waals surface area contributed by atoms with Crippen LogP contribution in [0.5, 0.6) is 5.75 Å². The number of hydrogen-bond donors (Lipinski definition) is 2. The van der Waals surface area contributed by atoms with Crippen molar-refractivity contribution >= 4 is 11.7 Å². The van der Waals surface area contributed by atoms with Crippen LogP contribution in [0.15, 0.2) is 60.7 Å². The van der Waals surface area contributed by atoms with Gasteiger partial charge in [0, 0.05) is 18.7 Å². The summed E-state index contributed by atoms with van der Waals surface area (Å²) in [4.78, 5) is 12.3. The minimum atomic E-state index is -0.279. The highest BCUT2D eigenvalue weighted by molar-refractivity contribution is 5.92. The Morgan fingerprint density at radius 2 is 1.74 bits per heavy atom. The highest BCUT2D eigenvalue weighted by atomic mass is 16.5. The number of methoxy groups -OCH3 is 1. The van der Waals surface area contributed by atoms with Crippen LogP contribution in [0.3, 0.4) is 0 Å². The van der Waals surface area contributed by atoms with Crippen LogP contribution in [-0.4, -0.2) is 23.2 Å². The molecule has 138 valence electrons. The summed E-state index contributed by atoms with van der Waals surface area (Å²) in [5.74, 6) is 1.08. The molecule has 1 aromatic heterocycles. The summed E-state index contributed by atoms with van der Waals surface area (Å²) in [5, 5.41) is 14.1. The van der Waals surface area contributed by atoms with E-state index in [9.17, 15) is 4.79 Å². The number of ether oxygens (including phenoxy) is 1. The number of nitrogens with zero attached hydrogens (tertiary/aromatic N) is 2. The van der Waals surface area contributed by atoms with Gasteiger partial charge < -0.3 is 15.4 Å². The molecule has 0 aliphatic rings. The molecule has 2 N–H and O–H groups in total. The number of para-hydroxylation sites is 1. The fourth-order valence-corrected chi connectivity index (χ4v) is 2.56. The van der Waals surface area contributed by atoms with Crippen molar-refractivity contribution in [2.45, 2.75) is 20.0 Å². The molecule has 0 fully saturated rings. The van der Waals surface area contributed by atoms with Crippen LogP contribution < -0.4 is 15.4 Å². The first-order valence-electron chi connectivity index (χ1n) is 8.69. The van der Waals surface area contributed by atoms with E-state index in [2.05, 4.69) is 52.0 Å². The molecule has 6 nitrogen and oxygen atoms in total. The summed E-state index contributed by atoms with van der Waals surface area (Å²) in [5.41, 5.74) is 3.55. The average molecular weight is 362 g/mol. The number of carbonyl (C=O) groups is 1. The molecule has 0 bridgehead atoms. The zero-order valence-electron chi connectivity index (χ0n) is 15.4. The number of aromatic nitrogens is 2. The number of benzene rings is 2. The van der Waals surface area contributed by atoms with Crippen LogP contribution in [0.1, 0.15) is 27.2 Å². The van der Waals surface area contributed by atoms with Crippen molar-refractivity contribution in [1.29, 1.82) is 0 Å². The third-order valence-corrected chi connectivity index (χ3v) is 4.12. The van der Waals surface area contributed by atoms with Crippen molar-refractivity contribution in [3.05, 3.63) is 83.0 Å². The largest absolute Gasteiger partial charge is 0.496 e. The number of anilines is 1. The van der Waals surface area contributed by atoms with E-state index in [1.807, 2.05) is 24.3 Å². The first-order valence-corrected chi connectivity index (χ1v) is 8.69. The van der Waals surface area contributed by atoms with Crippen molar-refractivity contribution in [3.8, 4) is 5.75 Å². The Morgan fingerprint density at radius 3 is 2.44 bits per heavy atom. The van der Waals surface area contributed by atoms with E-state index in [4.69, 9.17) is 4.74 Å². The molecule has 0 unspecified atom stereocenters. The standard InChI is InChI=1S/C21H22N4O2/c1-15-7-9-16(10-8-15)13-22-20-12-11-18(24-25-20)21(26)23-14-17-5-3-4-6-19(17)27-2/h3-12H,13-14H2,1-2H3,(H,22,25)(H,23,26). The van der Waals surface area contributed by atoms with E-state index >= 15 is 0 Å². The normalized spacial score (nSPS) is 10.3. The maximum Gasteiger partial charge on any atom is 0.272 e. The van der Waals surface area contributed by atoms with Gasteiger partial charge in [-0.05, 0) is 30.7 Å². The summed E-state index contributed by atoms with van der Waals surface area (Å²) < 4.78 is 5.28. The lowest BCUT2D eigenvalue weighted by molar-refractivity contribution is 0.0944. The molecule has 0 saturated heterocycles. The Bertz CT molecular complexity index is 893. The third kappa shape index (κ3) is 5.04. The first kappa shape index (κ1) is 18.4. The van der Waals surface area contributed by atoms with Gasteiger partial charge in [0.2, 0.25) is 0 Å². The monoisotopic (exact) mass is 362 g/mol. The van der Waals surface area contributed by atoms with E-state index in [1.165, 1.54) is 5.56 Å². The maximum absolute atomic E-state index is 12.3. The van der Waals surface area contributed by atoms with E-state index in [0.717, 1.165) is 16.9 Å². The SMILES string of the molecule is COc1ccccc1CNC(=O)c1ccc(NCc2ccc(C)cc2)nn1. The van der Waals surface area contributed by atoms with Gasteiger partial charge in [-0.1, -0.05) is 48.0 Å². The highest BCUT2D eigenvalue weighted by Gasteiger charge is 2.09. The summed E-state index contributed by atoms with van der Waals surface area (Å²) in [6, 6.07) is 19.2. The molecular weight excluding hydrogens is 340 g/mol. The fourth-order valence-electron chi connectivity index (χ4n) is 2.56. The van der Waals surface area contributed by atoms with E-state index in [1.54, 1.807) is 19.2 Å². The number of hydrogen-bond acceptors (Lipinski definition) is 5. The maximum atomic E-state index is 12.3. The van der Waals surface area contributed by atoms with Gasteiger partial charge >= 0.3 is 0 Å². The van der Waals surface area contributed by atoms with E-state index in [-0.39, 0.29) is 11.6 Å². The Hall–Kier alpha value is -3.41. The molecule has 2 aromatic carbocycles. The highest BCUT2D eigenvalue weighted by Crippen LogP contribution is 2.16. The van der Waals surface area contributed by atoms with Gasteiger partial charge in [0.05, 0.1) is 7.11 Å². The molecule has 0 aliphatic heterocycles. The van der Waals surface area contributed by atoms with Gasteiger partial charge in [-0.15, -0.1) is 10.2 Å². The molecule has 0 radical (unpaired) electrons. The number of rotatable bonds is 7. The molecule has 1 amide bonds. The molecule has 3 aromatic rings. The topological polar surface area (TPSA) is 76.1 Å². The Labute approximate surface area is 158 Å². The molecule has 3 rings (SSSR count). The number of aryl methyl sites for hydroxylation is 1. The summed E-state index contributed by atoms with van der Waals surface area (Å²) >= 11 is 0. The van der Waals surface area contributed by atoms with Gasteiger partial charge in [0.1, 0.15) is 11.6 Å². The minimum Gasteiger partial charge on any atom is -0.496 e. The van der Waals surface area contributed by atoms with Gasteiger partial charge in [-0.25, -0.2) is 0 Å². The summed E-state index contributed by atoms with van der Waals surface area (Å²) in [6.45, 7) is 3.06. The second-order valence-corrected chi connectivity index (χ2v) is 6.14. The predicted molar refractivity (Wildman–Crippen MR) is 105 cm³/mol. The van der Waals surface area contributed by atoms with Gasteiger partial charge in [0.15, 0.2) is 5.69 Å². The first-order chi connectivity index (χ1) is 13.2. The fraction of sp³-hybridized carbons (Fsp3) is 0.190. The smallest absolute Gasteiger partial charge is 0.272 e. The average Bonchev–Trinajstić information content (AvgIpc) is 2.72. The Morgan fingerprint density at radius 1 is 0.963 bits per heavy atom. The van der Waals surface area contributed by atoms with Crippen LogP contribution in [0, 0.1) is 6.92 Å². The quantitative estimate of drug-likeness (QED) is 0.674. The molecule has 0 saturated carbocycles. The Balaban J connectivity index is 1.54. The number of nitrogens with one attached hydrogen (secondary N) is 2. The van der Waals surface area contributed by atoms with Gasteiger partial charge in [0.25, 0.3) is 5.91 Å². The molecule has 0 atom stereocenters. The molecule has 0 spiro atoms. The molecule has 1 heterocycles. The van der Waals surface area contributed by atoms with Crippen LogP contribution in [0.4, 0.5) is 5.82 Å². The van der Waals surface area contributed by atoms with Crippen molar-refractivity contribution in [2.24, 2.45) is 0 Å². The second-order valence-electron chi connectivity index (χ2n) is 6.14. The van der Waals surface area contributed by atoms with Crippen LogP contribution in [0.25, 0.3) is 0 Å². The van der Waals surface area contributed by atoms with Crippen molar-refractivity contribution in [1.82, 2.24) is 15.5 Å². The molecule has 6 heteroatoms. The zero-order chi connectivity index (χ0) is 19.1. The number of carbonyl (C=O) groups excluding carboxylic acids is 1. The van der Waals surface area contributed by atoms with Crippen LogP contribution in [0.2, 0.25) is 0 Å². The summed E-state index contributed by atoms with van der Waals surface area (Å²) in [7, 11) is 1.61. The van der Waals surface area contributed by atoms with Crippen molar-refractivity contribution in [3.63, 3.8) is 0 Å². The van der Waals surface area contributed by atoms with Crippen molar-refractivity contribution < 1.29 is 9.53 Å². The van der Waals surface area contributed by atoms with E-state index in [0.29, 0.717) is 18.9 Å². The second kappa shape index (κ2) is 8.80. The lowest BCUT2D eigenvalue weighted by Crippen LogP contribution is -2.24. The lowest BCUT2D eigenvalue weighted by atomic mass is 10.1. The lowest BCUT2D eigenvalue weighted by Gasteiger charge is -2.09. The van der Waals surface area contributed by atoms with Gasteiger partial charge in [-0.2, -0.15) is 0 Å².